The van der Waals surface area contributed by atoms with Crippen LogP contribution in [0.3, 0.4) is 0 Å². The molecule has 1 aliphatic rings. The Bertz CT molecular complexity index is 754. The first kappa shape index (κ1) is 17.0. The molecule has 1 aromatic carbocycles. The molecule has 2 aromatic rings. The number of aryl methyl sites for hydroxylation is 1. The quantitative estimate of drug-likeness (QED) is 0.863. The number of nitrogens with one attached hydrogen (secondary N) is 1. The largest absolute Gasteiger partial charge is 0.444 e. The van der Waals surface area contributed by atoms with Crippen molar-refractivity contribution in [2.45, 2.75) is 19.8 Å². The maximum Gasteiger partial charge on any atom is 0.317 e. The number of hydrogen-bond acceptors (Lipinski definition) is 4. The van der Waals surface area contributed by atoms with Crippen LogP contribution in [0.4, 0.5) is 4.79 Å². The van der Waals surface area contributed by atoms with E-state index in [1.807, 2.05) is 31.2 Å². The van der Waals surface area contributed by atoms with Crippen LogP contribution in [0.25, 0.3) is 11.5 Å². The second kappa shape index (κ2) is 7.38. The van der Waals surface area contributed by atoms with Crippen molar-refractivity contribution in [3.63, 3.8) is 0 Å². The van der Waals surface area contributed by atoms with Crippen LogP contribution in [-0.4, -0.2) is 41.5 Å². The molecule has 1 aliphatic heterocycles. The molecular formula is C18H22N4O3. The average Bonchev–Trinajstić information content (AvgIpc) is 3.25. The average molecular weight is 342 g/mol. The molecular weight excluding hydrogens is 320 g/mol. The number of urea groups is 1. The summed E-state index contributed by atoms with van der Waals surface area (Å²) in [6.45, 7) is 3.43. The fraction of sp³-hybridized carbons (Fsp3) is 0.389. The molecule has 0 unspecified atom stereocenters. The van der Waals surface area contributed by atoms with Gasteiger partial charge >= 0.3 is 6.03 Å². The lowest BCUT2D eigenvalue weighted by Crippen LogP contribution is -2.40. The highest BCUT2D eigenvalue weighted by molar-refractivity contribution is 5.80. The number of carbonyl (C=O) groups excluding carboxylic acids is 2. The monoisotopic (exact) mass is 342 g/mol. The Kier molecular flexibility index (Phi) is 5.02. The Morgan fingerprint density at radius 3 is 2.80 bits per heavy atom. The van der Waals surface area contributed by atoms with Crippen LogP contribution in [0.1, 0.15) is 17.7 Å². The number of primary amides is 1. The van der Waals surface area contributed by atoms with Crippen LogP contribution >= 0.6 is 0 Å². The number of nitrogens with zero attached hydrogens (tertiary/aromatic N) is 2. The van der Waals surface area contributed by atoms with Crippen LogP contribution in [-0.2, 0) is 11.2 Å². The van der Waals surface area contributed by atoms with Gasteiger partial charge < -0.3 is 20.4 Å². The van der Waals surface area contributed by atoms with Gasteiger partial charge in [0, 0.05) is 31.6 Å². The van der Waals surface area contributed by atoms with E-state index >= 15 is 0 Å². The number of rotatable bonds is 5. The molecule has 0 saturated carbocycles. The Balaban J connectivity index is 1.47. The minimum atomic E-state index is -0.346. The molecule has 0 bridgehead atoms. The standard InChI is InChI=1S/C18H22N4O3/c1-12-2-4-13(5-3-12)17-21-15(11-25-17)6-8-20-18(24)22-9-7-14(10-22)16(19)23/h2-5,11,14H,6-10H2,1H3,(H2,19,23)(H,20,24)/t14-/m1/s1. The number of hydrogen-bond donors (Lipinski definition) is 2. The van der Waals surface area contributed by atoms with Crippen molar-refractivity contribution in [3.05, 3.63) is 41.8 Å². The van der Waals surface area contributed by atoms with Crippen molar-refractivity contribution in [3.8, 4) is 11.5 Å². The molecule has 3 amide bonds. The first-order chi connectivity index (χ1) is 12.0. The molecule has 7 nitrogen and oxygen atoms in total. The predicted octanol–water partition coefficient (Wildman–Crippen LogP) is 1.71. The zero-order chi connectivity index (χ0) is 17.8. The normalized spacial score (nSPS) is 16.8. The van der Waals surface area contributed by atoms with Gasteiger partial charge in [-0.3, -0.25) is 4.79 Å². The Morgan fingerprint density at radius 2 is 2.12 bits per heavy atom. The summed E-state index contributed by atoms with van der Waals surface area (Å²) in [7, 11) is 0. The summed E-state index contributed by atoms with van der Waals surface area (Å²) < 4.78 is 5.50. The molecule has 3 N–H and O–H groups in total. The minimum Gasteiger partial charge on any atom is -0.444 e. The van der Waals surface area contributed by atoms with Gasteiger partial charge in [-0.1, -0.05) is 17.7 Å². The lowest BCUT2D eigenvalue weighted by molar-refractivity contribution is -0.121. The van der Waals surface area contributed by atoms with Gasteiger partial charge in [0.15, 0.2) is 0 Å². The number of likely N-dealkylation sites (tertiary alicyclic amines) is 1. The van der Waals surface area contributed by atoms with Crippen molar-refractivity contribution in [1.29, 1.82) is 0 Å². The summed E-state index contributed by atoms with van der Waals surface area (Å²) in [4.78, 5) is 29.3. The lowest BCUT2D eigenvalue weighted by Gasteiger charge is -2.16. The number of carbonyl (C=O) groups is 2. The topological polar surface area (TPSA) is 101 Å². The smallest absolute Gasteiger partial charge is 0.317 e. The summed E-state index contributed by atoms with van der Waals surface area (Å²) >= 11 is 0. The molecule has 25 heavy (non-hydrogen) atoms. The van der Waals surface area contributed by atoms with Crippen LogP contribution in [0, 0.1) is 12.8 Å². The number of amides is 3. The van der Waals surface area contributed by atoms with E-state index in [1.54, 1.807) is 11.2 Å². The minimum absolute atomic E-state index is 0.175. The van der Waals surface area contributed by atoms with Crippen molar-refractivity contribution >= 4 is 11.9 Å². The number of benzene rings is 1. The summed E-state index contributed by atoms with van der Waals surface area (Å²) in [5.74, 6) is -0.00920. The zero-order valence-corrected chi connectivity index (χ0v) is 14.2. The fourth-order valence-corrected chi connectivity index (χ4v) is 2.84. The second-order valence-corrected chi connectivity index (χ2v) is 6.33. The van der Waals surface area contributed by atoms with Gasteiger partial charge in [-0.25, -0.2) is 9.78 Å². The summed E-state index contributed by atoms with van der Waals surface area (Å²) in [6.07, 6.45) is 2.82. The first-order valence-corrected chi connectivity index (χ1v) is 8.36. The molecule has 1 saturated heterocycles. The highest BCUT2D eigenvalue weighted by Gasteiger charge is 2.29. The van der Waals surface area contributed by atoms with Crippen LogP contribution in [0.5, 0.6) is 0 Å². The predicted molar refractivity (Wildman–Crippen MR) is 92.7 cm³/mol. The van der Waals surface area contributed by atoms with E-state index in [0.717, 1.165) is 11.3 Å². The molecule has 0 spiro atoms. The lowest BCUT2D eigenvalue weighted by atomic mass is 10.1. The van der Waals surface area contributed by atoms with Gasteiger partial charge in [-0.15, -0.1) is 0 Å². The third-order valence-electron chi connectivity index (χ3n) is 4.39. The van der Waals surface area contributed by atoms with Crippen LogP contribution < -0.4 is 11.1 Å². The first-order valence-electron chi connectivity index (χ1n) is 8.36. The number of nitrogens with two attached hydrogens (primary N) is 1. The summed E-state index contributed by atoms with van der Waals surface area (Å²) in [6, 6.07) is 7.78. The van der Waals surface area contributed by atoms with E-state index in [2.05, 4.69) is 10.3 Å². The Labute approximate surface area is 146 Å². The van der Waals surface area contributed by atoms with Crippen molar-refractivity contribution in [2.24, 2.45) is 11.7 Å². The van der Waals surface area contributed by atoms with E-state index in [9.17, 15) is 9.59 Å². The molecule has 1 aromatic heterocycles. The van der Waals surface area contributed by atoms with Crippen molar-refractivity contribution < 1.29 is 14.0 Å². The van der Waals surface area contributed by atoms with Crippen molar-refractivity contribution in [1.82, 2.24) is 15.2 Å². The van der Waals surface area contributed by atoms with Gasteiger partial charge in [0.25, 0.3) is 0 Å². The van der Waals surface area contributed by atoms with E-state index in [-0.39, 0.29) is 17.9 Å². The molecule has 7 heteroatoms. The van der Waals surface area contributed by atoms with Gasteiger partial charge in [-0.2, -0.15) is 0 Å². The fourth-order valence-electron chi connectivity index (χ4n) is 2.84. The van der Waals surface area contributed by atoms with Crippen LogP contribution in [0.2, 0.25) is 0 Å². The maximum absolute atomic E-state index is 12.1. The molecule has 3 rings (SSSR count). The number of aromatic nitrogens is 1. The molecule has 2 heterocycles. The van der Waals surface area contributed by atoms with Gasteiger partial charge in [0.2, 0.25) is 11.8 Å². The van der Waals surface area contributed by atoms with Crippen molar-refractivity contribution in [2.75, 3.05) is 19.6 Å². The summed E-state index contributed by atoms with van der Waals surface area (Å²) in [5.41, 5.74) is 8.17. The van der Waals surface area contributed by atoms with E-state index in [4.69, 9.17) is 10.2 Å². The molecule has 1 atom stereocenters. The zero-order valence-electron chi connectivity index (χ0n) is 14.2. The highest BCUT2D eigenvalue weighted by atomic mass is 16.3. The van der Waals surface area contributed by atoms with Crippen LogP contribution in [0.15, 0.2) is 34.9 Å². The third-order valence-corrected chi connectivity index (χ3v) is 4.39. The SMILES string of the molecule is Cc1ccc(-c2nc(CCNC(=O)N3CC[C@@H](C(N)=O)C3)co2)cc1. The van der Waals surface area contributed by atoms with Gasteiger partial charge in [-0.05, 0) is 25.5 Å². The van der Waals surface area contributed by atoms with E-state index < -0.39 is 0 Å². The highest BCUT2D eigenvalue weighted by Crippen LogP contribution is 2.19. The molecule has 0 radical (unpaired) electrons. The molecule has 1 fully saturated rings. The Morgan fingerprint density at radius 1 is 1.36 bits per heavy atom. The van der Waals surface area contributed by atoms with E-state index in [0.29, 0.717) is 38.4 Å². The van der Waals surface area contributed by atoms with E-state index in [1.165, 1.54) is 5.56 Å². The Hall–Kier alpha value is -2.83. The number of oxazole rings is 1. The van der Waals surface area contributed by atoms with Gasteiger partial charge in [0.1, 0.15) is 6.26 Å². The third kappa shape index (κ3) is 4.17. The second-order valence-electron chi connectivity index (χ2n) is 6.33. The maximum atomic E-state index is 12.1. The van der Waals surface area contributed by atoms with Gasteiger partial charge in [0.05, 0.1) is 11.6 Å². The molecule has 0 aliphatic carbocycles. The molecule has 132 valence electrons. The summed E-state index contributed by atoms with van der Waals surface area (Å²) in [5, 5.41) is 2.84.